The van der Waals surface area contributed by atoms with Gasteiger partial charge in [0.1, 0.15) is 0 Å². The molecule has 0 N–H and O–H groups in total. The number of nitrogens with zero attached hydrogens (tertiary/aromatic N) is 2. The Hall–Kier alpha value is -6.90. The van der Waals surface area contributed by atoms with Crippen LogP contribution < -0.4 is 0 Å². The molecule has 3 aliphatic rings. The lowest BCUT2D eigenvalue weighted by Crippen LogP contribution is -2.25. The summed E-state index contributed by atoms with van der Waals surface area (Å²) < 4.78 is 0. The number of aromatic nitrogens is 2. The van der Waals surface area contributed by atoms with E-state index in [1.807, 2.05) is 0 Å². The van der Waals surface area contributed by atoms with Crippen LogP contribution in [0.3, 0.4) is 0 Å². The van der Waals surface area contributed by atoms with Gasteiger partial charge in [0.05, 0.1) is 16.8 Å². The number of benzene rings is 8. The van der Waals surface area contributed by atoms with E-state index in [9.17, 15) is 0 Å². The second-order valence-electron chi connectivity index (χ2n) is 16.1. The van der Waals surface area contributed by atoms with E-state index in [0.717, 1.165) is 33.9 Å². The molecular formula is C54H36N2. The van der Waals surface area contributed by atoms with Crippen molar-refractivity contribution in [3.05, 3.63) is 215 Å². The molecule has 1 heterocycles. The van der Waals surface area contributed by atoms with Gasteiger partial charge in [-0.05, 0) is 95.7 Å². The first-order valence-corrected chi connectivity index (χ1v) is 19.6. The average Bonchev–Trinajstić information content (AvgIpc) is 3.82. The summed E-state index contributed by atoms with van der Waals surface area (Å²) in [6, 6.07) is 66.9. The highest BCUT2D eigenvalue weighted by Crippen LogP contribution is 2.64. The Morgan fingerprint density at radius 3 is 1.52 bits per heavy atom. The third-order valence-electron chi connectivity index (χ3n) is 12.9. The highest BCUT2D eigenvalue weighted by molar-refractivity contribution is 5.99. The maximum absolute atomic E-state index is 5.53. The van der Waals surface area contributed by atoms with Crippen molar-refractivity contribution in [2.75, 3.05) is 0 Å². The summed E-state index contributed by atoms with van der Waals surface area (Å²) in [5, 5.41) is 2.41. The van der Waals surface area contributed by atoms with Gasteiger partial charge in [-0.1, -0.05) is 178 Å². The quantitative estimate of drug-likeness (QED) is 0.182. The normalized spacial score (nSPS) is 14.5. The molecular weight excluding hydrogens is 677 g/mol. The highest BCUT2D eigenvalue weighted by Gasteiger charge is 2.52. The summed E-state index contributed by atoms with van der Waals surface area (Å²) in [4.78, 5) is 11.0. The van der Waals surface area contributed by atoms with Gasteiger partial charge in [-0.25, -0.2) is 9.97 Å². The standard InChI is InChI=1S/C54H36N2/c1-53(2)43-21-9-5-16-37(43)40-29-28-36(31-48(40)53)50-32-49(35-27-26-33-14-3-4-15-34(33)30-35)55-52(56-50)42-20-13-25-47-51(42)41-19-8-12-24-46(41)54(47)44-22-10-6-17-38(44)39-18-7-11-23-45(39)54/h3-32H,1-2H3. The summed E-state index contributed by atoms with van der Waals surface area (Å²) in [6.45, 7) is 4.68. The zero-order valence-electron chi connectivity index (χ0n) is 31.2. The Labute approximate surface area is 326 Å². The Balaban J connectivity index is 1.12. The van der Waals surface area contributed by atoms with Crippen LogP contribution in [0.15, 0.2) is 182 Å². The van der Waals surface area contributed by atoms with Crippen LogP contribution in [0.1, 0.15) is 47.2 Å². The lowest BCUT2D eigenvalue weighted by Gasteiger charge is -2.30. The van der Waals surface area contributed by atoms with Gasteiger partial charge in [-0.3, -0.25) is 0 Å². The molecule has 262 valence electrons. The van der Waals surface area contributed by atoms with Crippen molar-refractivity contribution >= 4 is 10.8 Å². The lowest BCUT2D eigenvalue weighted by atomic mass is 9.70. The minimum Gasteiger partial charge on any atom is -0.228 e. The average molecular weight is 713 g/mol. The largest absolute Gasteiger partial charge is 0.228 e. The Morgan fingerprint density at radius 2 is 0.821 bits per heavy atom. The first kappa shape index (κ1) is 31.5. The predicted octanol–water partition coefficient (Wildman–Crippen LogP) is 13.3. The third kappa shape index (κ3) is 4.11. The molecule has 12 rings (SSSR count). The van der Waals surface area contributed by atoms with Crippen LogP contribution in [0.25, 0.3) is 78.1 Å². The molecule has 2 nitrogen and oxygen atoms in total. The summed E-state index contributed by atoms with van der Waals surface area (Å²) in [5.41, 5.74) is 20.1. The monoisotopic (exact) mass is 712 g/mol. The maximum Gasteiger partial charge on any atom is 0.161 e. The van der Waals surface area contributed by atoms with Crippen LogP contribution in [0.5, 0.6) is 0 Å². The fraction of sp³-hybridized carbons (Fsp3) is 0.0741. The molecule has 2 heteroatoms. The molecule has 9 aromatic rings. The maximum atomic E-state index is 5.53. The van der Waals surface area contributed by atoms with Crippen LogP contribution in [0.2, 0.25) is 0 Å². The van der Waals surface area contributed by atoms with Gasteiger partial charge in [-0.2, -0.15) is 0 Å². The predicted molar refractivity (Wildman–Crippen MR) is 230 cm³/mol. The molecule has 0 fully saturated rings. The van der Waals surface area contributed by atoms with Crippen LogP contribution in [0, 0.1) is 0 Å². The number of rotatable bonds is 3. The van der Waals surface area contributed by atoms with Gasteiger partial charge >= 0.3 is 0 Å². The Kier molecular flexibility index (Phi) is 6.36. The van der Waals surface area contributed by atoms with Gasteiger partial charge in [0.25, 0.3) is 0 Å². The van der Waals surface area contributed by atoms with Crippen molar-refractivity contribution in [1.82, 2.24) is 9.97 Å². The van der Waals surface area contributed by atoms with Gasteiger partial charge in [0.15, 0.2) is 5.82 Å². The van der Waals surface area contributed by atoms with E-state index in [1.54, 1.807) is 0 Å². The summed E-state index contributed by atoms with van der Waals surface area (Å²) in [5.74, 6) is 0.733. The van der Waals surface area contributed by atoms with E-state index in [2.05, 4.69) is 196 Å². The second-order valence-corrected chi connectivity index (χ2v) is 16.1. The van der Waals surface area contributed by atoms with Crippen molar-refractivity contribution in [3.63, 3.8) is 0 Å². The van der Waals surface area contributed by atoms with Crippen LogP contribution in [0.4, 0.5) is 0 Å². The Morgan fingerprint density at radius 1 is 0.339 bits per heavy atom. The van der Waals surface area contributed by atoms with E-state index < -0.39 is 5.41 Å². The first-order valence-electron chi connectivity index (χ1n) is 19.6. The van der Waals surface area contributed by atoms with Crippen molar-refractivity contribution in [1.29, 1.82) is 0 Å². The molecule has 1 aromatic heterocycles. The topological polar surface area (TPSA) is 25.8 Å². The minimum atomic E-state index is -0.436. The molecule has 56 heavy (non-hydrogen) atoms. The summed E-state index contributed by atoms with van der Waals surface area (Å²) in [6.07, 6.45) is 0. The lowest BCUT2D eigenvalue weighted by molar-refractivity contribution is 0.660. The van der Waals surface area contributed by atoms with Gasteiger partial charge in [0, 0.05) is 22.1 Å². The highest BCUT2D eigenvalue weighted by atomic mass is 14.9. The van der Waals surface area contributed by atoms with E-state index in [4.69, 9.17) is 9.97 Å². The van der Waals surface area contributed by atoms with Crippen molar-refractivity contribution in [2.24, 2.45) is 0 Å². The number of hydrogen-bond acceptors (Lipinski definition) is 2. The molecule has 0 atom stereocenters. The molecule has 0 amide bonds. The van der Waals surface area contributed by atoms with Gasteiger partial charge in [0.2, 0.25) is 0 Å². The smallest absolute Gasteiger partial charge is 0.161 e. The van der Waals surface area contributed by atoms with Crippen molar-refractivity contribution in [3.8, 4) is 67.3 Å². The second kappa shape index (κ2) is 11.3. The fourth-order valence-corrected chi connectivity index (χ4v) is 10.4. The van der Waals surface area contributed by atoms with E-state index >= 15 is 0 Å². The Bertz CT molecular complexity index is 3080. The SMILES string of the molecule is CC1(C)c2ccccc2-c2ccc(-c3cc(-c4ccc5ccccc5c4)nc(-c4cccc5c4-c4ccccc4C54c5ccccc5-c5ccccc54)n3)cc21. The molecule has 1 spiro atoms. The molecule has 8 aromatic carbocycles. The number of fused-ring (bicyclic) bond motifs is 14. The van der Waals surface area contributed by atoms with Crippen molar-refractivity contribution < 1.29 is 0 Å². The molecule has 0 aliphatic heterocycles. The molecule has 0 radical (unpaired) electrons. The molecule has 0 saturated carbocycles. The summed E-state index contributed by atoms with van der Waals surface area (Å²) >= 11 is 0. The van der Waals surface area contributed by atoms with E-state index in [0.29, 0.717) is 0 Å². The van der Waals surface area contributed by atoms with E-state index in [-0.39, 0.29) is 5.41 Å². The third-order valence-corrected chi connectivity index (χ3v) is 12.9. The van der Waals surface area contributed by atoms with Crippen LogP contribution in [-0.4, -0.2) is 9.97 Å². The molecule has 3 aliphatic carbocycles. The van der Waals surface area contributed by atoms with Crippen molar-refractivity contribution in [2.45, 2.75) is 24.7 Å². The van der Waals surface area contributed by atoms with Crippen LogP contribution >= 0.6 is 0 Å². The fourth-order valence-electron chi connectivity index (χ4n) is 10.4. The zero-order chi connectivity index (χ0) is 37.2. The van der Waals surface area contributed by atoms with Crippen LogP contribution in [-0.2, 0) is 10.8 Å². The molecule has 0 saturated heterocycles. The minimum absolute atomic E-state index is 0.120. The molecule has 0 unspecified atom stereocenters. The first-order chi connectivity index (χ1) is 27.5. The summed E-state index contributed by atoms with van der Waals surface area (Å²) in [7, 11) is 0. The van der Waals surface area contributed by atoms with Gasteiger partial charge < -0.3 is 0 Å². The van der Waals surface area contributed by atoms with Gasteiger partial charge in [-0.15, -0.1) is 0 Å². The van der Waals surface area contributed by atoms with E-state index in [1.165, 1.54) is 77.5 Å². The number of hydrogen-bond donors (Lipinski definition) is 0. The molecule has 0 bridgehead atoms. The zero-order valence-corrected chi connectivity index (χ0v) is 31.2.